The Bertz CT molecular complexity index is 717. The number of amides is 1. The van der Waals surface area contributed by atoms with Crippen LogP contribution < -0.4 is 0 Å². The van der Waals surface area contributed by atoms with E-state index in [0.717, 1.165) is 17.4 Å². The average Bonchev–Trinajstić information content (AvgIpc) is 2.68. The zero-order valence-electron chi connectivity index (χ0n) is 10.7. The summed E-state index contributed by atoms with van der Waals surface area (Å²) >= 11 is 0. The zero-order chi connectivity index (χ0) is 13.7. The summed E-state index contributed by atoms with van der Waals surface area (Å²) in [6.07, 6.45) is 0.732. The van der Waals surface area contributed by atoms with Crippen molar-refractivity contribution in [2.45, 2.75) is 6.42 Å². The molecule has 0 radical (unpaired) electrons. The molecule has 98 valence electrons. The normalized spacial score (nSPS) is 14.8. The predicted molar refractivity (Wildman–Crippen MR) is 70.2 cm³/mol. The van der Waals surface area contributed by atoms with Crippen molar-refractivity contribution in [3.05, 3.63) is 39.6 Å². The summed E-state index contributed by atoms with van der Waals surface area (Å²) in [5.74, 6) is -0.0748. The molecule has 1 aromatic carbocycles. The van der Waals surface area contributed by atoms with Crippen LogP contribution in [0.15, 0.2) is 18.2 Å². The molecule has 0 fully saturated rings. The van der Waals surface area contributed by atoms with Gasteiger partial charge in [0, 0.05) is 32.1 Å². The van der Waals surface area contributed by atoms with Crippen LogP contribution in [0.5, 0.6) is 0 Å². The van der Waals surface area contributed by atoms with Crippen molar-refractivity contribution in [2.24, 2.45) is 7.05 Å². The molecule has 0 saturated heterocycles. The van der Waals surface area contributed by atoms with Gasteiger partial charge in [-0.3, -0.25) is 14.9 Å². The minimum atomic E-state index is -0.401. The molecular weight excluding hydrogens is 246 g/mol. The summed E-state index contributed by atoms with van der Waals surface area (Å²) in [6.45, 7) is 0.646. The van der Waals surface area contributed by atoms with Crippen molar-refractivity contribution in [1.29, 1.82) is 0 Å². The predicted octanol–water partition coefficient (Wildman–Crippen LogP) is 1.71. The maximum Gasteiger partial charge on any atom is 0.293 e. The number of hydrogen-bond donors (Lipinski definition) is 0. The van der Waals surface area contributed by atoms with E-state index in [4.69, 9.17) is 0 Å². The summed E-state index contributed by atoms with van der Waals surface area (Å²) in [7, 11) is 3.46. The Kier molecular flexibility index (Phi) is 2.35. The monoisotopic (exact) mass is 259 g/mol. The lowest BCUT2D eigenvalue weighted by Crippen LogP contribution is -2.35. The second-order valence-electron chi connectivity index (χ2n) is 4.79. The number of hydrogen-bond acceptors (Lipinski definition) is 3. The number of carbonyl (C=O) groups is 1. The van der Waals surface area contributed by atoms with Crippen molar-refractivity contribution in [3.63, 3.8) is 0 Å². The summed E-state index contributed by atoms with van der Waals surface area (Å²) in [4.78, 5) is 24.6. The van der Waals surface area contributed by atoms with Crippen LogP contribution in [0.1, 0.15) is 16.1 Å². The Hall–Kier alpha value is -2.37. The van der Waals surface area contributed by atoms with Crippen LogP contribution in [-0.2, 0) is 13.5 Å². The average molecular weight is 259 g/mol. The molecule has 0 N–H and O–H groups in total. The highest BCUT2D eigenvalue weighted by atomic mass is 16.6. The molecule has 6 heteroatoms. The maximum atomic E-state index is 12.2. The highest BCUT2D eigenvalue weighted by molar-refractivity contribution is 6.04. The van der Waals surface area contributed by atoms with Gasteiger partial charge in [0.15, 0.2) is 0 Å². The van der Waals surface area contributed by atoms with Gasteiger partial charge in [-0.15, -0.1) is 0 Å². The second kappa shape index (κ2) is 3.81. The summed E-state index contributed by atoms with van der Waals surface area (Å²) in [6, 6.07) is 4.99. The lowest BCUT2D eigenvalue weighted by Gasteiger charge is -2.23. The fourth-order valence-corrected chi connectivity index (χ4v) is 2.80. The van der Waals surface area contributed by atoms with Crippen LogP contribution >= 0.6 is 0 Å². The Morgan fingerprint density at radius 3 is 2.74 bits per heavy atom. The van der Waals surface area contributed by atoms with E-state index < -0.39 is 4.92 Å². The number of aryl methyl sites for hydroxylation is 1. The van der Waals surface area contributed by atoms with E-state index in [1.807, 2.05) is 6.07 Å². The molecule has 0 unspecified atom stereocenters. The smallest absolute Gasteiger partial charge is 0.293 e. The van der Waals surface area contributed by atoms with Crippen molar-refractivity contribution < 1.29 is 9.72 Å². The number of benzene rings is 1. The number of likely N-dealkylation sites (N-methyl/N-ethyl adjacent to an activating group) is 1. The topological polar surface area (TPSA) is 68.4 Å². The lowest BCUT2D eigenvalue weighted by molar-refractivity contribution is -0.383. The Balaban J connectivity index is 2.42. The van der Waals surface area contributed by atoms with Crippen LogP contribution in [0.3, 0.4) is 0 Å². The highest BCUT2D eigenvalue weighted by Crippen LogP contribution is 2.34. The molecule has 0 bridgehead atoms. The van der Waals surface area contributed by atoms with Gasteiger partial charge in [0.2, 0.25) is 0 Å². The highest BCUT2D eigenvalue weighted by Gasteiger charge is 2.30. The van der Waals surface area contributed by atoms with Gasteiger partial charge < -0.3 is 9.47 Å². The molecule has 1 amide bonds. The first-order chi connectivity index (χ1) is 9.02. The van der Waals surface area contributed by atoms with Crippen LogP contribution in [0.25, 0.3) is 10.9 Å². The maximum absolute atomic E-state index is 12.2. The van der Waals surface area contributed by atoms with E-state index in [0.29, 0.717) is 17.8 Å². The van der Waals surface area contributed by atoms with Crippen LogP contribution in [0.2, 0.25) is 0 Å². The van der Waals surface area contributed by atoms with E-state index >= 15 is 0 Å². The molecule has 0 saturated carbocycles. The molecule has 2 heterocycles. The van der Waals surface area contributed by atoms with Gasteiger partial charge in [0.05, 0.1) is 4.92 Å². The second-order valence-corrected chi connectivity index (χ2v) is 4.79. The van der Waals surface area contributed by atoms with Gasteiger partial charge in [-0.25, -0.2) is 0 Å². The standard InChI is InChI=1S/C13H13N3O3/c1-14-7-6-9-8-4-3-5-10(16(18)19)11(8)15(2)12(9)13(14)17/h3-5H,6-7H2,1-2H3. The van der Waals surface area contributed by atoms with Gasteiger partial charge in [-0.2, -0.15) is 0 Å². The van der Waals surface area contributed by atoms with Crippen LogP contribution in [0, 0.1) is 10.1 Å². The third-order valence-electron chi connectivity index (χ3n) is 3.74. The molecule has 0 spiro atoms. The van der Waals surface area contributed by atoms with Gasteiger partial charge in [-0.05, 0) is 12.0 Å². The molecule has 1 aromatic heterocycles. The lowest BCUT2D eigenvalue weighted by atomic mass is 10.0. The van der Waals surface area contributed by atoms with Gasteiger partial charge in [-0.1, -0.05) is 12.1 Å². The summed E-state index contributed by atoms with van der Waals surface area (Å²) < 4.78 is 1.65. The number of non-ortho nitro benzene ring substituents is 1. The Labute approximate surface area is 109 Å². The van der Waals surface area contributed by atoms with E-state index in [1.165, 1.54) is 6.07 Å². The van der Waals surface area contributed by atoms with Crippen molar-refractivity contribution in [1.82, 2.24) is 9.47 Å². The third-order valence-corrected chi connectivity index (χ3v) is 3.74. The number of nitro groups is 1. The first-order valence-electron chi connectivity index (χ1n) is 6.02. The fraction of sp³-hybridized carbons (Fsp3) is 0.308. The molecule has 1 aliphatic rings. The van der Waals surface area contributed by atoms with E-state index in [-0.39, 0.29) is 11.6 Å². The Morgan fingerprint density at radius 1 is 1.32 bits per heavy atom. The minimum absolute atomic E-state index is 0.0462. The van der Waals surface area contributed by atoms with Crippen molar-refractivity contribution in [2.75, 3.05) is 13.6 Å². The fourth-order valence-electron chi connectivity index (χ4n) is 2.80. The minimum Gasteiger partial charge on any atom is -0.340 e. The largest absolute Gasteiger partial charge is 0.340 e. The van der Waals surface area contributed by atoms with Crippen LogP contribution in [-0.4, -0.2) is 33.9 Å². The summed E-state index contributed by atoms with van der Waals surface area (Å²) in [5, 5.41) is 11.9. The van der Waals surface area contributed by atoms with Gasteiger partial charge >= 0.3 is 0 Å². The van der Waals surface area contributed by atoms with E-state index in [1.54, 1.807) is 29.6 Å². The number of nitrogens with zero attached hydrogens (tertiary/aromatic N) is 3. The van der Waals surface area contributed by atoms with Gasteiger partial charge in [0.25, 0.3) is 11.6 Å². The van der Waals surface area contributed by atoms with E-state index in [2.05, 4.69) is 0 Å². The van der Waals surface area contributed by atoms with Gasteiger partial charge in [0.1, 0.15) is 11.2 Å². The van der Waals surface area contributed by atoms with Crippen LogP contribution in [0.4, 0.5) is 5.69 Å². The number of aromatic nitrogens is 1. The first-order valence-corrected chi connectivity index (χ1v) is 6.02. The molecule has 1 aliphatic heterocycles. The molecule has 3 rings (SSSR count). The SMILES string of the molecule is CN1CCc2c(n(C)c3c([N+](=O)[O-])cccc23)C1=O. The quantitative estimate of drug-likeness (QED) is 0.578. The number of carbonyl (C=O) groups excluding carboxylic acids is 1. The molecule has 0 atom stereocenters. The zero-order valence-corrected chi connectivity index (χ0v) is 10.7. The third kappa shape index (κ3) is 1.46. The molecule has 2 aromatic rings. The number of fused-ring (bicyclic) bond motifs is 3. The Morgan fingerprint density at radius 2 is 2.05 bits per heavy atom. The number of rotatable bonds is 1. The van der Waals surface area contributed by atoms with Crippen molar-refractivity contribution in [3.8, 4) is 0 Å². The van der Waals surface area contributed by atoms with E-state index in [9.17, 15) is 14.9 Å². The molecule has 0 aliphatic carbocycles. The van der Waals surface area contributed by atoms with Crippen molar-refractivity contribution >= 4 is 22.5 Å². The first kappa shape index (κ1) is 11.7. The summed E-state index contributed by atoms with van der Waals surface area (Å²) in [5.41, 5.74) is 2.06. The molecular formula is C13H13N3O3. The molecule has 6 nitrogen and oxygen atoms in total. The number of nitro benzene ring substituents is 1. The molecule has 19 heavy (non-hydrogen) atoms. The number of para-hydroxylation sites is 1.